The molecule has 2 rings (SSSR count). The minimum Gasteiger partial charge on any atom is -0.872 e. The van der Waals surface area contributed by atoms with Crippen LogP contribution in [0.1, 0.15) is 5.56 Å². The van der Waals surface area contributed by atoms with E-state index in [0.717, 1.165) is 26.2 Å². The largest absolute Gasteiger partial charge is 0.872 e. The van der Waals surface area contributed by atoms with Gasteiger partial charge in [-0.25, -0.2) is 0 Å². The van der Waals surface area contributed by atoms with Crippen molar-refractivity contribution in [1.29, 1.82) is 0 Å². The number of hydrogen-bond acceptors (Lipinski definition) is 4. The molecule has 1 heterocycles. The van der Waals surface area contributed by atoms with Crippen molar-refractivity contribution in [3.8, 4) is 5.75 Å². The van der Waals surface area contributed by atoms with Crippen molar-refractivity contribution >= 4 is 5.69 Å². The molecule has 1 N–H and O–H groups in total. The van der Waals surface area contributed by atoms with Gasteiger partial charge in [0.15, 0.2) is 0 Å². The lowest BCUT2D eigenvalue weighted by Gasteiger charge is -2.30. The quantitative estimate of drug-likeness (QED) is 0.552. The zero-order valence-electron chi connectivity index (χ0n) is 10.4. The van der Waals surface area contributed by atoms with Gasteiger partial charge in [-0.2, -0.15) is 0 Å². The molecular weight excluding hydrogens is 234 g/mol. The average molecular weight is 251 g/mol. The van der Waals surface area contributed by atoms with Crippen LogP contribution in [0.15, 0.2) is 18.2 Å². The highest BCUT2D eigenvalue weighted by Crippen LogP contribution is 2.23. The first-order valence-corrected chi connectivity index (χ1v) is 6.04. The molecule has 1 saturated heterocycles. The fourth-order valence-corrected chi connectivity index (χ4v) is 2.20. The Balaban J connectivity index is 2.12. The van der Waals surface area contributed by atoms with E-state index in [1.807, 2.05) is 0 Å². The van der Waals surface area contributed by atoms with Crippen LogP contribution in [-0.4, -0.2) is 43.0 Å². The summed E-state index contributed by atoms with van der Waals surface area (Å²) in [5.74, 6) is -0.171. The van der Waals surface area contributed by atoms with Crippen molar-refractivity contribution < 1.29 is 14.9 Å². The Morgan fingerprint density at radius 2 is 2.06 bits per heavy atom. The fraction of sp³-hybridized carbons (Fsp3) is 0.500. The molecule has 0 aromatic heterocycles. The SMILES string of the molecule is C[NH+]1CCN(Cc2cc([O-])ccc2[N+](=O)[O-])CC1. The molecule has 0 radical (unpaired) electrons. The number of quaternary nitrogens is 1. The van der Waals surface area contributed by atoms with E-state index in [2.05, 4.69) is 11.9 Å². The molecule has 1 aliphatic rings. The first-order valence-electron chi connectivity index (χ1n) is 6.04. The third kappa shape index (κ3) is 2.96. The summed E-state index contributed by atoms with van der Waals surface area (Å²) in [5, 5.41) is 22.2. The van der Waals surface area contributed by atoms with Crippen LogP contribution in [0.25, 0.3) is 0 Å². The Bertz CT molecular complexity index is 442. The van der Waals surface area contributed by atoms with Gasteiger partial charge in [-0.05, 0) is 0 Å². The van der Waals surface area contributed by atoms with Gasteiger partial charge in [-0.1, -0.05) is 12.1 Å². The summed E-state index contributed by atoms with van der Waals surface area (Å²) in [6.45, 7) is 4.37. The molecule has 0 saturated carbocycles. The molecule has 0 unspecified atom stereocenters. The molecule has 6 heteroatoms. The topological polar surface area (TPSA) is 73.9 Å². The van der Waals surface area contributed by atoms with Crippen molar-refractivity contribution in [2.75, 3.05) is 33.2 Å². The number of piperazine rings is 1. The maximum Gasteiger partial charge on any atom is 0.273 e. The number of nitrogens with zero attached hydrogens (tertiary/aromatic N) is 2. The summed E-state index contributed by atoms with van der Waals surface area (Å²) in [5.41, 5.74) is 0.563. The van der Waals surface area contributed by atoms with Crippen LogP contribution in [0.2, 0.25) is 0 Å². The summed E-state index contributed by atoms with van der Waals surface area (Å²) in [6, 6.07) is 3.93. The number of rotatable bonds is 3. The highest BCUT2D eigenvalue weighted by atomic mass is 16.6. The molecule has 1 aromatic carbocycles. The third-order valence-corrected chi connectivity index (χ3v) is 3.35. The molecule has 0 amide bonds. The van der Waals surface area contributed by atoms with Crippen molar-refractivity contribution in [3.63, 3.8) is 0 Å². The predicted octanol–water partition coefficient (Wildman–Crippen LogP) is -1.00. The van der Waals surface area contributed by atoms with Gasteiger partial charge in [-0.15, -0.1) is 5.75 Å². The van der Waals surface area contributed by atoms with E-state index < -0.39 is 4.92 Å². The number of nitrogens with one attached hydrogen (secondary N) is 1. The summed E-state index contributed by atoms with van der Waals surface area (Å²) >= 11 is 0. The van der Waals surface area contributed by atoms with E-state index in [-0.39, 0.29) is 11.4 Å². The zero-order valence-corrected chi connectivity index (χ0v) is 10.4. The van der Waals surface area contributed by atoms with Gasteiger partial charge in [0.05, 0.1) is 25.1 Å². The minimum atomic E-state index is -0.421. The van der Waals surface area contributed by atoms with Crippen molar-refractivity contribution in [3.05, 3.63) is 33.9 Å². The lowest BCUT2D eigenvalue weighted by Crippen LogP contribution is -3.11. The monoisotopic (exact) mass is 251 g/mol. The van der Waals surface area contributed by atoms with E-state index in [1.165, 1.54) is 23.1 Å². The molecule has 0 bridgehead atoms. The summed E-state index contributed by atoms with van der Waals surface area (Å²) in [4.78, 5) is 14.1. The maximum absolute atomic E-state index is 11.3. The fourth-order valence-electron chi connectivity index (χ4n) is 2.20. The van der Waals surface area contributed by atoms with Crippen LogP contribution in [-0.2, 0) is 6.54 Å². The minimum absolute atomic E-state index is 0.0425. The Labute approximate surface area is 106 Å². The molecule has 6 nitrogen and oxygen atoms in total. The second-order valence-electron chi connectivity index (χ2n) is 4.78. The van der Waals surface area contributed by atoms with Crippen LogP contribution in [0, 0.1) is 10.1 Å². The normalized spacial score (nSPS) is 17.8. The summed E-state index contributed by atoms with van der Waals surface area (Å²) < 4.78 is 0. The Hall–Kier alpha value is -1.66. The van der Waals surface area contributed by atoms with E-state index >= 15 is 0 Å². The molecule has 1 fully saturated rings. The summed E-state index contributed by atoms with van der Waals surface area (Å²) in [7, 11) is 2.14. The first kappa shape index (κ1) is 12.8. The summed E-state index contributed by atoms with van der Waals surface area (Å²) in [6.07, 6.45) is 0. The van der Waals surface area contributed by atoms with E-state index in [0.29, 0.717) is 12.1 Å². The highest BCUT2D eigenvalue weighted by molar-refractivity contribution is 5.44. The first-order chi connectivity index (χ1) is 8.56. The number of nitro benzene ring substituents is 1. The molecule has 0 spiro atoms. The average Bonchev–Trinajstić information content (AvgIpc) is 2.32. The number of nitro groups is 1. The van der Waals surface area contributed by atoms with Crippen LogP contribution in [0.4, 0.5) is 5.69 Å². The molecule has 18 heavy (non-hydrogen) atoms. The molecular formula is C12H17N3O3. The van der Waals surface area contributed by atoms with Gasteiger partial charge in [0.1, 0.15) is 0 Å². The van der Waals surface area contributed by atoms with Crippen LogP contribution < -0.4 is 10.0 Å². The second kappa shape index (κ2) is 5.32. The van der Waals surface area contributed by atoms with Gasteiger partial charge in [0.2, 0.25) is 0 Å². The predicted molar refractivity (Wildman–Crippen MR) is 64.4 cm³/mol. The molecule has 0 atom stereocenters. The molecule has 1 aromatic rings. The van der Waals surface area contributed by atoms with Crippen LogP contribution in [0.5, 0.6) is 5.75 Å². The second-order valence-corrected chi connectivity index (χ2v) is 4.78. The van der Waals surface area contributed by atoms with Crippen molar-refractivity contribution in [1.82, 2.24) is 4.90 Å². The van der Waals surface area contributed by atoms with Gasteiger partial charge < -0.3 is 10.0 Å². The number of likely N-dealkylation sites (N-methyl/N-ethyl adjacent to an activating group) is 1. The van der Waals surface area contributed by atoms with Crippen LogP contribution >= 0.6 is 0 Å². The Kier molecular flexibility index (Phi) is 3.78. The Morgan fingerprint density at radius 1 is 1.39 bits per heavy atom. The van der Waals surface area contributed by atoms with Crippen molar-refractivity contribution in [2.45, 2.75) is 6.54 Å². The zero-order chi connectivity index (χ0) is 13.1. The van der Waals surface area contributed by atoms with E-state index in [1.54, 1.807) is 0 Å². The molecule has 0 aliphatic carbocycles. The third-order valence-electron chi connectivity index (χ3n) is 3.35. The number of hydrogen-bond donors (Lipinski definition) is 1. The van der Waals surface area contributed by atoms with Gasteiger partial charge in [0.25, 0.3) is 5.69 Å². The van der Waals surface area contributed by atoms with Gasteiger partial charge >= 0.3 is 0 Å². The van der Waals surface area contributed by atoms with Crippen molar-refractivity contribution in [2.24, 2.45) is 0 Å². The molecule has 98 valence electrons. The number of benzene rings is 1. The maximum atomic E-state index is 11.3. The van der Waals surface area contributed by atoms with Gasteiger partial charge in [0, 0.05) is 31.3 Å². The van der Waals surface area contributed by atoms with E-state index in [4.69, 9.17) is 0 Å². The molecule has 1 aliphatic heterocycles. The lowest BCUT2D eigenvalue weighted by molar-refractivity contribution is -0.884. The smallest absolute Gasteiger partial charge is 0.273 e. The van der Waals surface area contributed by atoms with E-state index in [9.17, 15) is 15.2 Å². The van der Waals surface area contributed by atoms with Crippen LogP contribution in [0.3, 0.4) is 0 Å². The van der Waals surface area contributed by atoms with Gasteiger partial charge in [-0.3, -0.25) is 15.0 Å². The Morgan fingerprint density at radius 3 is 2.67 bits per heavy atom. The highest BCUT2D eigenvalue weighted by Gasteiger charge is 2.20. The standard InChI is InChI=1S/C12H17N3O3/c1-13-4-6-14(7-5-13)9-10-8-11(16)2-3-12(10)15(17)18/h2-3,8,16H,4-7,9H2,1H3. The lowest BCUT2D eigenvalue weighted by atomic mass is 10.1.